The number of nitrogens with zero attached hydrogens (tertiary/aromatic N) is 2. The maximum atomic E-state index is 13.6. The van der Waals surface area contributed by atoms with E-state index in [1.165, 1.54) is 22.9 Å². The van der Waals surface area contributed by atoms with Gasteiger partial charge in [-0.3, -0.25) is 9.48 Å². The molecule has 1 aromatic heterocycles. The van der Waals surface area contributed by atoms with Gasteiger partial charge in [-0.05, 0) is 19.1 Å². The van der Waals surface area contributed by atoms with Gasteiger partial charge in [-0.25, -0.2) is 4.39 Å². The smallest absolute Gasteiger partial charge is 0.276 e. The van der Waals surface area contributed by atoms with Crippen LogP contribution >= 0.6 is 11.6 Å². The molecule has 1 aromatic carbocycles. The van der Waals surface area contributed by atoms with E-state index < -0.39 is 11.7 Å². The zero-order valence-corrected chi connectivity index (χ0v) is 11.1. The first-order chi connectivity index (χ1) is 8.91. The van der Waals surface area contributed by atoms with E-state index in [0.29, 0.717) is 5.69 Å². The summed E-state index contributed by atoms with van der Waals surface area (Å²) < 4.78 is 14.9. The molecule has 3 N–H and O–H groups in total. The fraction of sp³-hybridized carbons (Fsp3) is 0.167. The summed E-state index contributed by atoms with van der Waals surface area (Å²) in [6.45, 7) is 1.68. The average Bonchev–Trinajstić information content (AvgIpc) is 2.58. The number of carbonyl (C=O) groups excluding carboxylic acids is 1. The number of halogens is 2. The molecule has 0 saturated heterocycles. The van der Waals surface area contributed by atoms with Gasteiger partial charge in [0.25, 0.3) is 5.91 Å². The molecule has 0 aliphatic rings. The van der Waals surface area contributed by atoms with Crippen molar-refractivity contribution in [1.29, 1.82) is 0 Å². The van der Waals surface area contributed by atoms with Crippen LogP contribution in [0.2, 0.25) is 5.02 Å². The zero-order valence-electron chi connectivity index (χ0n) is 10.4. The molecule has 2 aromatic rings. The highest BCUT2D eigenvalue weighted by molar-refractivity contribution is 6.34. The third-order valence-corrected chi connectivity index (χ3v) is 3.00. The van der Waals surface area contributed by atoms with Gasteiger partial charge in [-0.15, -0.1) is 0 Å². The maximum Gasteiger partial charge on any atom is 0.276 e. The van der Waals surface area contributed by atoms with Crippen LogP contribution in [0.25, 0.3) is 0 Å². The van der Waals surface area contributed by atoms with Crippen LogP contribution in [0.15, 0.2) is 18.2 Å². The Morgan fingerprint density at radius 3 is 2.74 bits per heavy atom. The topological polar surface area (TPSA) is 72.9 Å². The molecule has 2 rings (SSSR count). The molecule has 0 aliphatic heterocycles. The molecule has 19 heavy (non-hydrogen) atoms. The molecular formula is C12H12ClFN4O. The minimum absolute atomic E-state index is 0.0765. The number of anilines is 2. The summed E-state index contributed by atoms with van der Waals surface area (Å²) in [4.78, 5) is 12.1. The number of nitrogen functional groups attached to an aromatic ring is 1. The Bertz CT molecular complexity index is 633. The molecule has 7 heteroatoms. The second kappa shape index (κ2) is 4.89. The number of aromatic nitrogens is 2. The number of nitrogens with one attached hydrogen (secondary N) is 1. The van der Waals surface area contributed by atoms with Crippen LogP contribution in [0.3, 0.4) is 0 Å². The van der Waals surface area contributed by atoms with Gasteiger partial charge in [0, 0.05) is 7.05 Å². The minimum atomic E-state index is -0.613. The van der Waals surface area contributed by atoms with E-state index >= 15 is 0 Å². The number of amides is 1. The molecule has 100 valence electrons. The van der Waals surface area contributed by atoms with Crippen molar-refractivity contribution in [2.45, 2.75) is 6.92 Å². The van der Waals surface area contributed by atoms with Crippen LogP contribution < -0.4 is 11.1 Å². The Kier molecular flexibility index (Phi) is 3.44. The second-order valence-electron chi connectivity index (χ2n) is 4.02. The number of para-hydroxylation sites is 1. The summed E-state index contributed by atoms with van der Waals surface area (Å²) in [7, 11) is 1.58. The molecule has 0 saturated carbocycles. The fourth-order valence-electron chi connectivity index (χ4n) is 1.73. The van der Waals surface area contributed by atoms with Gasteiger partial charge in [0.2, 0.25) is 0 Å². The first-order valence-electron chi connectivity index (χ1n) is 5.46. The molecule has 0 radical (unpaired) electrons. The van der Waals surface area contributed by atoms with Crippen LogP contribution in [0.4, 0.5) is 15.8 Å². The van der Waals surface area contributed by atoms with E-state index in [4.69, 9.17) is 17.3 Å². The predicted molar refractivity (Wildman–Crippen MR) is 71.7 cm³/mol. The largest absolute Gasteiger partial charge is 0.395 e. The average molecular weight is 283 g/mol. The first kappa shape index (κ1) is 13.4. The van der Waals surface area contributed by atoms with Gasteiger partial charge in [0.1, 0.15) is 11.5 Å². The van der Waals surface area contributed by atoms with Gasteiger partial charge >= 0.3 is 0 Å². The number of hydrogen-bond acceptors (Lipinski definition) is 3. The second-order valence-corrected chi connectivity index (χ2v) is 4.43. The van der Waals surface area contributed by atoms with Gasteiger partial charge in [-0.1, -0.05) is 17.7 Å². The van der Waals surface area contributed by atoms with E-state index in [0.717, 1.165) is 0 Å². The number of benzene rings is 1. The van der Waals surface area contributed by atoms with Gasteiger partial charge in [0.05, 0.1) is 22.1 Å². The minimum Gasteiger partial charge on any atom is -0.395 e. The number of hydrogen-bond donors (Lipinski definition) is 2. The molecule has 0 fully saturated rings. The van der Waals surface area contributed by atoms with Gasteiger partial charge < -0.3 is 11.1 Å². The summed E-state index contributed by atoms with van der Waals surface area (Å²) in [6.07, 6.45) is 0. The third-order valence-electron chi connectivity index (χ3n) is 2.68. The van der Waals surface area contributed by atoms with Crippen LogP contribution in [0.5, 0.6) is 0 Å². The Morgan fingerprint density at radius 2 is 2.21 bits per heavy atom. The SMILES string of the molecule is Cc1nn(C)c(C(=O)Nc2c(F)cccc2Cl)c1N. The van der Waals surface area contributed by atoms with Crippen molar-refractivity contribution < 1.29 is 9.18 Å². The lowest BCUT2D eigenvalue weighted by atomic mass is 10.2. The molecule has 0 bridgehead atoms. The van der Waals surface area contributed by atoms with E-state index in [9.17, 15) is 9.18 Å². The summed E-state index contributed by atoms with van der Waals surface area (Å²) >= 11 is 5.84. The molecular weight excluding hydrogens is 271 g/mol. The molecule has 0 spiro atoms. The standard InChI is InChI=1S/C12H12ClFN4O/c1-6-9(15)11(18(2)17-6)12(19)16-10-7(13)4-3-5-8(10)14/h3-5H,15H2,1-2H3,(H,16,19). The van der Waals surface area contributed by atoms with Gasteiger partial charge in [-0.2, -0.15) is 5.10 Å². The number of nitrogens with two attached hydrogens (primary N) is 1. The number of aryl methyl sites for hydroxylation is 2. The lowest BCUT2D eigenvalue weighted by Gasteiger charge is -2.08. The number of carbonyl (C=O) groups is 1. The van der Waals surface area contributed by atoms with E-state index in [-0.39, 0.29) is 22.1 Å². The maximum absolute atomic E-state index is 13.6. The Balaban J connectivity index is 2.36. The predicted octanol–water partition coefficient (Wildman–Crippen LogP) is 2.36. The Morgan fingerprint density at radius 1 is 1.53 bits per heavy atom. The lowest BCUT2D eigenvalue weighted by Crippen LogP contribution is -2.18. The summed E-state index contributed by atoms with van der Waals surface area (Å²) in [5.41, 5.74) is 6.64. The summed E-state index contributed by atoms with van der Waals surface area (Å²) in [6, 6.07) is 4.15. The van der Waals surface area contributed by atoms with Crippen molar-refractivity contribution in [3.63, 3.8) is 0 Å². The normalized spacial score (nSPS) is 10.5. The molecule has 1 heterocycles. The summed E-state index contributed by atoms with van der Waals surface area (Å²) in [5.74, 6) is -1.18. The van der Waals surface area contributed by atoms with E-state index in [1.54, 1.807) is 14.0 Å². The Labute approximate surface area is 114 Å². The molecule has 0 atom stereocenters. The van der Waals surface area contributed by atoms with E-state index in [1.807, 2.05) is 0 Å². The third kappa shape index (κ3) is 2.39. The highest BCUT2D eigenvalue weighted by Gasteiger charge is 2.20. The van der Waals surface area contributed by atoms with Crippen molar-refractivity contribution in [3.8, 4) is 0 Å². The first-order valence-corrected chi connectivity index (χ1v) is 5.84. The van der Waals surface area contributed by atoms with Crippen molar-refractivity contribution in [2.75, 3.05) is 11.1 Å². The summed E-state index contributed by atoms with van der Waals surface area (Å²) in [5, 5.41) is 6.54. The fourth-order valence-corrected chi connectivity index (χ4v) is 1.94. The zero-order chi connectivity index (χ0) is 14.2. The molecule has 1 amide bonds. The van der Waals surface area contributed by atoms with Crippen molar-refractivity contribution in [1.82, 2.24) is 9.78 Å². The van der Waals surface area contributed by atoms with Crippen LogP contribution in [0, 0.1) is 12.7 Å². The van der Waals surface area contributed by atoms with Gasteiger partial charge in [0.15, 0.2) is 0 Å². The van der Waals surface area contributed by atoms with E-state index in [2.05, 4.69) is 10.4 Å². The van der Waals surface area contributed by atoms with Crippen LogP contribution in [-0.4, -0.2) is 15.7 Å². The monoisotopic (exact) mass is 282 g/mol. The molecule has 5 nitrogen and oxygen atoms in total. The molecule has 0 aliphatic carbocycles. The highest BCUT2D eigenvalue weighted by Crippen LogP contribution is 2.26. The van der Waals surface area contributed by atoms with Crippen LogP contribution in [0.1, 0.15) is 16.2 Å². The Hall–Kier alpha value is -2.08. The quantitative estimate of drug-likeness (QED) is 0.888. The van der Waals surface area contributed by atoms with Crippen molar-refractivity contribution in [2.24, 2.45) is 7.05 Å². The van der Waals surface area contributed by atoms with Crippen molar-refractivity contribution in [3.05, 3.63) is 40.4 Å². The van der Waals surface area contributed by atoms with Crippen LogP contribution in [-0.2, 0) is 7.05 Å². The molecule has 0 unspecified atom stereocenters. The van der Waals surface area contributed by atoms with Crippen molar-refractivity contribution >= 4 is 28.9 Å². The highest BCUT2D eigenvalue weighted by atomic mass is 35.5. The lowest BCUT2D eigenvalue weighted by molar-refractivity contribution is 0.101. The number of rotatable bonds is 2.